The van der Waals surface area contributed by atoms with Gasteiger partial charge in [0.05, 0.1) is 16.3 Å². The van der Waals surface area contributed by atoms with E-state index in [1.807, 2.05) is 11.0 Å². The van der Waals surface area contributed by atoms with E-state index in [1.54, 1.807) is 17.9 Å². The van der Waals surface area contributed by atoms with Crippen molar-refractivity contribution in [3.63, 3.8) is 0 Å². The van der Waals surface area contributed by atoms with Crippen LogP contribution in [0.5, 0.6) is 0 Å². The van der Waals surface area contributed by atoms with Crippen LogP contribution >= 0.6 is 15.9 Å². The average molecular weight is 485 g/mol. The lowest BCUT2D eigenvalue weighted by Crippen LogP contribution is -2.43. The van der Waals surface area contributed by atoms with E-state index < -0.39 is 9.84 Å². The van der Waals surface area contributed by atoms with Crippen LogP contribution in [0.3, 0.4) is 0 Å². The fourth-order valence-corrected chi connectivity index (χ4v) is 6.54. The fourth-order valence-electron chi connectivity index (χ4n) is 4.38. The molecule has 0 aromatic heterocycles. The minimum atomic E-state index is -3.71. The Labute approximate surface area is 181 Å². The first-order chi connectivity index (χ1) is 13.8. The molecular weight excluding hydrogens is 456 g/mol. The van der Waals surface area contributed by atoms with E-state index in [4.69, 9.17) is 0 Å². The number of carbonyl (C=O) groups is 2. The van der Waals surface area contributed by atoms with Gasteiger partial charge in [0, 0.05) is 36.4 Å². The Morgan fingerprint density at radius 1 is 1.14 bits per heavy atom. The van der Waals surface area contributed by atoms with E-state index in [2.05, 4.69) is 22.9 Å². The third kappa shape index (κ3) is 4.68. The van der Waals surface area contributed by atoms with Gasteiger partial charge in [-0.05, 0) is 49.8 Å². The zero-order valence-electron chi connectivity index (χ0n) is 17.1. The fraction of sp³-hybridized carbons (Fsp3) is 0.619. The monoisotopic (exact) mass is 484 g/mol. The van der Waals surface area contributed by atoms with Gasteiger partial charge < -0.3 is 9.80 Å². The van der Waals surface area contributed by atoms with Crippen LogP contribution < -0.4 is 4.90 Å². The van der Waals surface area contributed by atoms with Crippen molar-refractivity contribution in [1.82, 2.24) is 4.90 Å². The molecule has 0 aliphatic carbocycles. The van der Waals surface area contributed by atoms with Gasteiger partial charge in [-0.1, -0.05) is 29.8 Å². The molecule has 1 unspecified atom stereocenters. The number of sulfone groups is 1. The highest BCUT2D eigenvalue weighted by molar-refractivity contribution is 9.10. The number of nitrogens with zero attached hydrogens (tertiary/aromatic N) is 2. The number of piperidine rings is 1. The van der Waals surface area contributed by atoms with Crippen LogP contribution in [-0.2, 0) is 25.8 Å². The summed E-state index contributed by atoms with van der Waals surface area (Å²) in [6.45, 7) is 5.04. The molecule has 1 saturated heterocycles. The number of hydrogen-bond acceptors (Lipinski definition) is 4. The molecule has 3 rings (SSSR count). The zero-order valence-corrected chi connectivity index (χ0v) is 19.5. The molecule has 0 bridgehead atoms. The summed E-state index contributed by atoms with van der Waals surface area (Å²) in [5, 5.41) is 0. The lowest BCUT2D eigenvalue weighted by Gasteiger charge is -2.35. The Hall–Kier alpha value is -1.41. The predicted molar refractivity (Wildman–Crippen MR) is 117 cm³/mol. The highest BCUT2D eigenvalue weighted by Crippen LogP contribution is 2.38. The third-order valence-corrected chi connectivity index (χ3v) is 8.12. The second kappa shape index (κ2) is 9.16. The van der Waals surface area contributed by atoms with Gasteiger partial charge in [-0.3, -0.25) is 9.59 Å². The van der Waals surface area contributed by atoms with E-state index in [9.17, 15) is 18.0 Å². The van der Waals surface area contributed by atoms with Crippen molar-refractivity contribution in [2.75, 3.05) is 23.7 Å². The van der Waals surface area contributed by atoms with Crippen molar-refractivity contribution in [1.29, 1.82) is 0 Å². The molecule has 160 valence electrons. The summed E-state index contributed by atoms with van der Waals surface area (Å²) in [6.07, 6.45) is 4.90. The number of hydrogen-bond donors (Lipinski definition) is 0. The van der Waals surface area contributed by atoms with Crippen LogP contribution in [0.15, 0.2) is 21.5 Å². The summed E-state index contributed by atoms with van der Waals surface area (Å²) in [5.74, 6) is -0.415. The number of likely N-dealkylation sites (tertiary alicyclic amines) is 1. The summed E-state index contributed by atoms with van der Waals surface area (Å²) >= 11 is 3.40. The van der Waals surface area contributed by atoms with Crippen LogP contribution in [0.25, 0.3) is 0 Å². The number of carbonyl (C=O) groups excluding carboxylic acids is 2. The molecule has 0 radical (unpaired) electrons. The molecule has 1 atom stereocenters. The lowest BCUT2D eigenvalue weighted by molar-refractivity contribution is -0.134. The minimum Gasteiger partial charge on any atom is -0.340 e. The molecule has 2 heterocycles. The van der Waals surface area contributed by atoms with Crippen LogP contribution in [-0.4, -0.2) is 50.0 Å². The smallest absolute Gasteiger partial charge is 0.226 e. The standard InChI is InChI=1S/C21H29BrN2O4S/c1-3-17-7-5-6-10-23(17)20(26)9-12-29(27,28)18-14-16(22)13-15-8-11-24(21(15)18)19(25)4-2/h13-14,17H,3-12H2,1-2H3. The molecule has 6 nitrogen and oxygen atoms in total. The third-order valence-electron chi connectivity index (χ3n) is 5.94. The number of benzene rings is 1. The van der Waals surface area contributed by atoms with Gasteiger partial charge in [-0.25, -0.2) is 8.42 Å². The maximum absolute atomic E-state index is 13.2. The second-order valence-corrected chi connectivity index (χ2v) is 10.8. The number of fused-ring (bicyclic) bond motifs is 1. The summed E-state index contributed by atoms with van der Waals surface area (Å²) in [4.78, 5) is 28.7. The van der Waals surface area contributed by atoms with E-state index >= 15 is 0 Å². The molecule has 0 saturated carbocycles. The van der Waals surface area contributed by atoms with Crippen molar-refractivity contribution in [3.05, 3.63) is 22.2 Å². The SMILES string of the molecule is CCC(=O)N1CCc2cc(Br)cc(S(=O)(=O)CCC(=O)N3CCCCC3CC)c21. The van der Waals surface area contributed by atoms with Crippen LogP contribution in [0.4, 0.5) is 5.69 Å². The van der Waals surface area contributed by atoms with E-state index in [0.717, 1.165) is 31.2 Å². The number of amides is 2. The maximum Gasteiger partial charge on any atom is 0.226 e. The highest BCUT2D eigenvalue weighted by atomic mass is 79.9. The molecule has 0 spiro atoms. The highest BCUT2D eigenvalue weighted by Gasteiger charge is 2.33. The van der Waals surface area contributed by atoms with E-state index in [1.165, 1.54) is 0 Å². The van der Waals surface area contributed by atoms with Crippen molar-refractivity contribution in [2.24, 2.45) is 0 Å². The summed E-state index contributed by atoms with van der Waals surface area (Å²) in [5.41, 5.74) is 1.35. The quantitative estimate of drug-likeness (QED) is 0.616. The first-order valence-electron chi connectivity index (χ1n) is 10.4. The van der Waals surface area contributed by atoms with Gasteiger partial charge in [-0.15, -0.1) is 0 Å². The van der Waals surface area contributed by atoms with Crippen molar-refractivity contribution >= 4 is 43.3 Å². The van der Waals surface area contributed by atoms with E-state index in [0.29, 0.717) is 36.1 Å². The van der Waals surface area contributed by atoms with Gasteiger partial charge >= 0.3 is 0 Å². The molecule has 8 heteroatoms. The van der Waals surface area contributed by atoms with Gasteiger partial charge in [0.25, 0.3) is 0 Å². The Balaban J connectivity index is 1.83. The number of halogens is 1. The topological polar surface area (TPSA) is 74.8 Å². The van der Waals surface area contributed by atoms with Crippen LogP contribution in [0, 0.1) is 0 Å². The average Bonchev–Trinajstić information content (AvgIpc) is 3.14. The van der Waals surface area contributed by atoms with Gasteiger partial charge in [0.2, 0.25) is 11.8 Å². The Morgan fingerprint density at radius 3 is 2.59 bits per heavy atom. The van der Waals surface area contributed by atoms with Crippen molar-refractivity contribution in [2.45, 2.75) is 69.7 Å². The largest absolute Gasteiger partial charge is 0.340 e. The van der Waals surface area contributed by atoms with Crippen molar-refractivity contribution < 1.29 is 18.0 Å². The molecule has 0 N–H and O–H groups in total. The van der Waals surface area contributed by atoms with Crippen LogP contribution in [0.2, 0.25) is 0 Å². The normalized spacial score (nSPS) is 19.3. The first-order valence-corrected chi connectivity index (χ1v) is 12.9. The molecular formula is C21H29BrN2O4S. The van der Waals surface area contributed by atoms with Crippen molar-refractivity contribution in [3.8, 4) is 0 Å². The summed E-state index contributed by atoms with van der Waals surface area (Å²) in [7, 11) is -3.71. The molecule has 1 aromatic rings. The number of rotatable bonds is 6. The van der Waals surface area contributed by atoms with E-state index in [-0.39, 0.29) is 34.9 Å². The van der Waals surface area contributed by atoms with Gasteiger partial charge in [0.15, 0.2) is 9.84 Å². The number of anilines is 1. The Bertz CT molecular complexity index is 900. The molecule has 2 amide bonds. The zero-order chi connectivity index (χ0) is 21.2. The molecule has 29 heavy (non-hydrogen) atoms. The summed E-state index contributed by atoms with van der Waals surface area (Å²) < 4.78 is 27.1. The first kappa shape index (κ1) is 22.3. The minimum absolute atomic E-state index is 0.0259. The lowest BCUT2D eigenvalue weighted by atomic mass is 10.00. The maximum atomic E-state index is 13.2. The molecule has 1 fully saturated rings. The van der Waals surface area contributed by atoms with Gasteiger partial charge in [0.1, 0.15) is 0 Å². The molecule has 1 aromatic carbocycles. The molecule has 2 aliphatic heterocycles. The Kier molecular flexibility index (Phi) is 7.04. The molecule has 2 aliphatic rings. The van der Waals surface area contributed by atoms with Gasteiger partial charge in [-0.2, -0.15) is 0 Å². The summed E-state index contributed by atoms with van der Waals surface area (Å²) in [6, 6.07) is 3.66. The second-order valence-electron chi connectivity index (χ2n) is 7.77. The Morgan fingerprint density at radius 2 is 1.90 bits per heavy atom. The predicted octanol–water partition coefficient (Wildman–Crippen LogP) is 3.70. The van der Waals surface area contributed by atoms with Crippen LogP contribution in [0.1, 0.15) is 57.9 Å².